The second-order valence-corrected chi connectivity index (χ2v) is 5.79. The molecular weight excluding hydrogens is 228 g/mol. The predicted molar refractivity (Wildman–Crippen MR) is 71.1 cm³/mol. The maximum atomic E-state index is 8.97. The van der Waals surface area contributed by atoms with Crippen LogP contribution in [0.25, 0.3) is 11.6 Å². The van der Waals surface area contributed by atoms with Crippen LogP contribution in [0, 0.1) is 22.7 Å². The van der Waals surface area contributed by atoms with E-state index in [9.17, 15) is 0 Å². The molecule has 0 radical (unpaired) electrons. The van der Waals surface area contributed by atoms with Crippen molar-refractivity contribution in [3.63, 3.8) is 0 Å². The van der Waals surface area contributed by atoms with Crippen molar-refractivity contribution < 1.29 is 0 Å². The summed E-state index contributed by atoms with van der Waals surface area (Å²) in [6, 6.07) is 12.2. The molecule has 1 aromatic rings. The third kappa shape index (κ3) is 1.37. The van der Waals surface area contributed by atoms with Crippen LogP contribution in [0.5, 0.6) is 0 Å². The summed E-state index contributed by atoms with van der Waals surface area (Å²) in [5.41, 5.74) is 3.64. The number of allylic oxidation sites excluding steroid dienone is 1. The van der Waals surface area contributed by atoms with E-state index in [0.29, 0.717) is 4.86 Å². The molecule has 1 aromatic carbocycles. The van der Waals surface area contributed by atoms with Crippen LogP contribution >= 0.6 is 10.5 Å². The Morgan fingerprint density at radius 2 is 1.94 bits per heavy atom. The average molecular weight is 236 g/mol. The first-order valence-electron chi connectivity index (χ1n) is 5.25. The standard InChI is InChI=1S/C14H8N2S/c15-8-11(9-16)17-6-5-13-12-4-2-1-3-10(12)7-14(13)17/h1-5,7H,6H2. The second kappa shape index (κ2) is 3.73. The fraction of sp³-hybridized carbons (Fsp3) is 0.0714. The molecule has 80 valence electrons. The van der Waals surface area contributed by atoms with E-state index < -0.39 is 0 Å². The molecule has 1 aliphatic heterocycles. The van der Waals surface area contributed by atoms with Crippen LogP contribution in [0.4, 0.5) is 0 Å². The van der Waals surface area contributed by atoms with Crippen LogP contribution in [0.1, 0.15) is 11.1 Å². The molecule has 0 spiro atoms. The highest BCUT2D eigenvalue weighted by atomic mass is 32.2. The minimum Gasteiger partial charge on any atom is -0.191 e. The zero-order valence-electron chi connectivity index (χ0n) is 8.97. The fourth-order valence-corrected chi connectivity index (χ4v) is 4.07. The van der Waals surface area contributed by atoms with E-state index >= 15 is 0 Å². The summed E-state index contributed by atoms with van der Waals surface area (Å²) in [4.78, 5) is 1.50. The summed E-state index contributed by atoms with van der Waals surface area (Å²) in [7, 11) is -0.334. The first kappa shape index (κ1) is 10.1. The Labute approximate surface area is 102 Å². The van der Waals surface area contributed by atoms with E-state index in [1.54, 1.807) is 0 Å². The molecule has 0 saturated heterocycles. The Hall–Kier alpha value is -2.10. The van der Waals surface area contributed by atoms with Crippen LogP contribution < -0.4 is 0 Å². The lowest BCUT2D eigenvalue weighted by Crippen LogP contribution is -1.90. The molecule has 1 atom stereocenters. The number of rotatable bonds is 0. The van der Waals surface area contributed by atoms with Gasteiger partial charge in [-0.2, -0.15) is 10.5 Å². The minimum absolute atomic E-state index is 0.334. The van der Waals surface area contributed by atoms with E-state index in [2.05, 4.69) is 24.3 Å². The van der Waals surface area contributed by atoms with Crippen LogP contribution in [-0.2, 0) is 0 Å². The van der Waals surface area contributed by atoms with Gasteiger partial charge in [-0.3, -0.25) is 0 Å². The lowest BCUT2D eigenvalue weighted by Gasteiger charge is -2.01. The van der Waals surface area contributed by atoms with Crippen molar-refractivity contribution in [2.75, 3.05) is 5.75 Å². The normalized spacial score (nSPS) is 19.5. The van der Waals surface area contributed by atoms with E-state index in [0.717, 1.165) is 10.7 Å². The van der Waals surface area contributed by atoms with Crippen molar-refractivity contribution in [2.45, 2.75) is 0 Å². The van der Waals surface area contributed by atoms with Crippen molar-refractivity contribution in [1.29, 1.82) is 10.5 Å². The molecule has 1 aliphatic carbocycles. The predicted octanol–water partition coefficient (Wildman–Crippen LogP) is 2.93. The second-order valence-electron chi connectivity index (χ2n) is 3.82. The molecule has 0 saturated carbocycles. The summed E-state index contributed by atoms with van der Waals surface area (Å²) in [6.07, 6.45) is 4.27. The van der Waals surface area contributed by atoms with Gasteiger partial charge in [0, 0.05) is 10.7 Å². The third-order valence-electron chi connectivity index (χ3n) is 2.97. The summed E-state index contributed by atoms with van der Waals surface area (Å²) in [5, 5.41) is 17.9. The van der Waals surface area contributed by atoms with Gasteiger partial charge in [0.1, 0.15) is 12.1 Å². The maximum absolute atomic E-state index is 8.97. The molecule has 3 rings (SSSR count). The van der Waals surface area contributed by atoms with Gasteiger partial charge in [-0.25, -0.2) is 0 Å². The first-order chi connectivity index (χ1) is 8.35. The number of hydrogen-bond donors (Lipinski definition) is 0. The van der Waals surface area contributed by atoms with Gasteiger partial charge in [0.25, 0.3) is 0 Å². The van der Waals surface area contributed by atoms with Crippen molar-refractivity contribution in [3.05, 3.63) is 46.4 Å². The molecule has 2 nitrogen and oxygen atoms in total. The smallest absolute Gasteiger partial charge is 0.158 e. The van der Waals surface area contributed by atoms with Gasteiger partial charge in [-0.05, 0) is 22.8 Å². The van der Waals surface area contributed by atoms with Crippen LogP contribution in [-0.4, -0.2) is 10.6 Å². The number of hydrogen-bond acceptors (Lipinski definition) is 2. The first-order valence-corrected chi connectivity index (χ1v) is 6.64. The van der Waals surface area contributed by atoms with Crippen LogP contribution in [0.2, 0.25) is 0 Å². The lowest BCUT2D eigenvalue weighted by molar-refractivity contribution is 1.54. The number of nitrogens with zero attached hydrogens (tertiary/aromatic N) is 2. The Morgan fingerprint density at radius 3 is 2.71 bits per heavy atom. The van der Waals surface area contributed by atoms with E-state index in [-0.39, 0.29) is 10.5 Å². The molecule has 0 fully saturated rings. The van der Waals surface area contributed by atoms with Crippen molar-refractivity contribution in [1.82, 2.24) is 0 Å². The summed E-state index contributed by atoms with van der Waals surface area (Å²) in [5.74, 6) is 0.798. The third-order valence-corrected chi connectivity index (χ3v) is 5.02. The lowest BCUT2D eigenvalue weighted by atomic mass is 10.1. The molecule has 0 bridgehead atoms. The van der Waals surface area contributed by atoms with Crippen molar-refractivity contribution in [2.24, 2.45) is 0 Å². The van der Waals surface area contributed by atoms with Gasteiger partial charge in [-0.1, -0.05) is 30.3 Å². The van der Waals surface area contributed by atoms with E-state index in [4.69, 9.17) is 10.5 Å². The van der Waals surface area contributed by atoms with Crippen LogP contribution in [0.3, 0.4) is 0 Å². The summed E-state index contributed by atoms with van der Waals surface area (Å²) >= 11 is 0. The quantitative estimate of drug-likeness (QED) is 0.650. The highest BCUT2D eigenvalue weighted by Crippen LogP contribution is 2.49. The zero-order valence-corrected chi connectivity index (χ0v) is 9.79. The van der Waals surface area contributed by atoms with Gasteiger partial charge in [0.05, 0.1) is 0 Å². The number of nitriles is 2. The van der Waals surface area contributed by atoms with Gasteiger partial charge in [0.15, 0.2) is 4.86 Å². The molecule has 0 N–H and O–H groups in total. The van der Waals surface area contributed by atoms with E-state index in [1.807, 2.05) is 24.3 Å². The van der Waals surface area contributed by atoms with Gasteiger partial charge < -0.3 is 0 Å². The Bertz CT molecular complexity index is 678. The van der Waals surface area contributed by atoms with Gasteiger partial charge in [0.2, 0.25) is 0 Å². The molecule has 2 aliphatic rings. The number of fused-ring (bicyclic) bond motifs is 3. The van der Waals surface area contributed by atoms with Gasteiger partial charge >= 0.3 is 0 Å². The highest BCUT2D eigenvalue weighted by Gasteiger charge is 2.26. The Kier molecular flexibility index (Phi) is 2.21. The zero-order chi connectivity index (χ0) is 11.8. The maximum Gasteiger partial charge on any atom is 0.158 e. The Balaban J connectivity index is 2.19. The molecule has 1 heterocycles. The summed E-state index contributed by atoms with van der Waals surface area (Å²) in [6.45, 7) is 0. The van der Waals surface area contributed by atoms with Gasteiger partial charge in [-0.15, -0.1) is 10.5 Å². The fourth-order valence-electron chi connectivity index (χ4n) is 2.22. The topological polar surface area (TPSA) is 47.6 Å². The molecule has 0 aromatic heterocycles. The molecule has 0 amide bonds. The Morgan fingerprint density at radius 1 is 1.18 bits per heavy atom. The van der Waals surface area contributed by atoms with Crippen molar-refractivity contribution in [3.8, 4) is 12.1 Å². The summed E-state index contributed by atoms with van der Waals surface area (Å²) < 4.78 is 0. The SMILES string of the molecule is N#CC(C#N)=S1CC=C2C1=Cc1ccccc12. The highest BCUT2D eigenvalue weighted by molar-refractivity contribution is 8.20. The molecule has 1 unspecified atom stereocenters. The number of benzene rings is 1. The monoisotopic (exact) mass is 236 g/mol. The molecule has 17 heavy (non-hydrogen) atoms. The average Bonchev–Trinajstić information content (AvgIpc) is 2.91. The van der Waals surface area contributed by atoms with E-state index in [1.165, 1.54) is 16.7 Å². The van der Waals surface area contributed by atoms with Crippen molar-refractivity contribution >= 4 is 27.0 Å². The molecular formula is C14H8N2S. The van der Waals surface area contributed by atoms with Crippen LogP contribution in [0.15, 0.2) is 35.2 Å². The molecule has 3 heteroatoms. The largest absolute Gasteiger partial charge is 0.191 e. The minimum atomic E-state index is -0.334.